The molecule has 0 bridgehead atoms. The molecule has 2 aromatic carbocycles. The Morgan fingerprint density at radius 3 is 2.71 bits per heavy atom. The minimum Gasteiger partial charge on any atom is -0.367 e. The van der Waals surface area contributed by atoms with E-state index in [0.717, 1.165) is 0 Å². The van der Waals surface area contributed by atoms with Gasteiger partial charge >= 0.3 is 0 Å². The number of H-pyrrole nitrogens is 1. The van der Waals surface area contributed by atoms with Crippen LogP contribution in [0.4, 0.5) is 5.69 Å². The lowest BCUT2D eigenvalue weighted by molar-refractivity contribution is -0.123. The van der Waals surface area contributed by atoms with Crippen molar-refractivity contribution in [3.63, 3.8) is 0 Å². The summed E-state index contributed by atoms with van der Waals surface area (Å²) >= 11 is 12.1. The number of anilines is 1. The Hall–Kier alpha value is -2.94. The van der Waals surface area contributed by atoms with E-state index in [1.54, 1.807) is 24.3 Å². The van der Waals surface area contributed by atoms with E-state index in [1.807, 2.05) is 12.1 Å². The molecule has 2 heterocycles. The minimum atomic E-state index is -1.70. The number of aliphatic imine (C=N–C) groups is 1. The minimum absolute atomic E-state index is 0.0199. The molecular weight excluding hydrogens is 403 g/mol. The number of nitrogens with two attached hydrogens (primary N) is 1. The number of fused-ring (bicyclic) bond motifs is 1. The molecule has 1 atom stereocenters. The highest BCUT2D eigenvalue weighted by Gasteiger charge is 2.52. The first kappa shape index (κ1) is 18.4. The lowest BCUT2D eigenvalue weighted by Crippen LogP contribution is -2.58. The van der Waals surface area contributed by atoms with Gasteiger partial charge in [0, 0.05) is 5.02 Å². The second-order valence-corrected chi connectivity index (χ2v) is 6.98. The fraction of sp³-hybridized carbons (Fsp3) is 0.111. The fourth-order valence-electron chi connectivity index (χ4n) is 3.10. The SMILES string of the molecule is NC(=O)C1(c2nc3ccccc3[nH]2)NCN=C1C(=O)Nc1cc(Cl)ccc1Cl. The maximum atomic E-state index is 13.0. The molecule has 0 fully saturated rings. The maximum absolute atomic E-state index is 13.0. The van der Waals surface area contributed by atoms with Gasteiger partial charge in [0.05, 0.1) is 28.4 Å². The number of carbonyl (C=O) groups excluding carboxylic acids is 2. The third kappa shape index (κ3) is 2.91. The molecule has 1 aromatic heterocycles. The predicted molar refractivity (Wildman–Crippen MR) is 107 cm³/mol. The maximum Gasteiger partial charge on any atom is 0.272 e. The predicted octanol–water partition coefficient (Wildman–Crippen LogP) is 2.19. The van der Waals surface area contributed by atoms with E-state index < -0.39 is 17.4 Å². The number of para-hydroxylation sites is 2. The molecule has 1 aliphatic rings. The van der Waals surface area contributed by atoms with Crippen LogP contribution in [0.2, 0.25) is 10.0 Å². The zero-order chi connectivity index (χ0) is 19.9. The molecule has 3 aromatic rings. The number of halogens is 2. The molecule has 10 heteroatoms. The Balaban J connectivity index is 1.75. The first-order valence-electron chi connectivity index (χ1n) is 8.23. The van der Waals surface area contributed by atoms with Crippen molar-refractivity contribution in [1.29, 1.82) is 0 Å². The summed E-state index contributed by atoms with van der Waals surface area (Å²) in [5, 5.41) is 6.21. The molecule has 8 nitrogen and oxygen atoms in total. The molecule has 2 amide bonds. The highest BCUT2D eigenvalue weighted by molar-refractivity contribution is 6.50. The average molecular weight is 417 g/mol. The van der Waals surface area contributed by atoms with Gasteiger partial charge in [-0.1, -0.05) is 35.3 Å². The number of hydrogen-bond acceptors (Lipinski definition) is 5. The molecule has 0 saturated heterocycles. The molecule has 1 aliphatic heterocycles. The number of nitrogens with one attached hydrogen (secondary N) is 3. The summed E-state index contributed by atoms with van der Waals surface area (Å²) in [6.07, 6.45) is 0. The zero-order valence-corrected chi connectivity index (χ0v) is 15.8. The van der Waals surface area contributed by atoms with Gasteiger partial charge in [0.1, 0.15) is 11.5 Å². The average Bonchev–Trinajstić information content (AvgIpc) is 3.29. The molecule has 28 heavy (non-hydrogen) atoms. The van der Waals surface area contributed by atoms with Gasteiger partial charge in [0.2, 0.25) is 5.54 Å². The van der Waals surface area contributed by atoms with Crippen LogP contribution in [0, 0.1) is 0 Å². The van der Waals surface area contributed by atoms with Crippen LogP contribution in [-0.4, -0.2) is 34.2 Å². The number of amides is 2. The normalized spacial score (nSPS) is 18.9. The number of benzene rings is 2. The number of aromatic nitrogens is 2. The number of rotatable bonds is 4. The second kappa shape index (κ2) is 6.90. The summed E-state index contributed by atoms with van der Waals surface area (Å²) in [5.41, 5.74) is 5.49. The standard InChI is InChI=1S/C18H14Cl2N6O2/c19-9-5-6-10(20)13(7-9)24-15(27)14-18(16(21)28,23-8-22-14)17-25-11-3-1-2-4-12(11)26-17/h1-7,23H,8H2,(H2,21,28)(H,24,27)(H,25,26). The van der Waals surface area contributed by atoms with Crippen molar-refractivity contribution >= 4 is 57.4 Å². The highest BCUT2D eigenvalue weighted by Crippen LogP contribution is 2.29. The van der Waals surface area contributed by atoms with Crippen LogP contribution >= 0.6 is 23.2 Å². The van der Waals surface area contributed by atoms with Crippen molar-refractivity contribution in [2.75, 3.05) is 12.0 Å². The summed E-state index contributed by atoms with van der Waals surface area (Å²) < 4.78 is 0. The molecule has 142 valence electrons. The van der Waals surface area contributed by atoms with Crippen LogP contribution in [0.15, 0.2) is 47.5 Å². The number of hydrogen-bond donors (Lipinski definition) is 4. The monoisotopic (exact) mass is 416 g/mol. The Morgan fingerprint density at radius 2 is 1.96 bits per heavy atom. The van der Waals surface area contributed by atoms with E-state index in [9.17, 15) is 9.59 Å². The molecule has 0 aliphatic carbocycles. The van der Waals surface area contributed by atoms with E-state index in [1.165, 1.54) is 6.07 Å². The van der Waals surface area contributed by atoms with Crippen LogP contribution in [0.3, 0.4) is 0 Å². The van der Waals surface area contributed by atoms with E-state index in [4.69, 9.17) is 28.9 Å². The van der Waals surface area contributed by atoms with Gasteiger partial charge in [0.25, 0.3) is 11.8 Å². The first-order chi connectivity index (χ1) is 13.4. The Bertz CT molecular complexity index is 1110. The van der Waals surface area contributed by atoms with E-state index in [0.29, 0.717) is 16.1 Å². The topological polar surface area (TPSA) is 125 Å². The van der Waals surface area contributed by atoms with Gasteiger partial charge in [-0.25, -0.2) is 4.98 Å². The van der Waals surface area contributed by atoms with Crippen molar-refractivity contribution in [1.82, 2.24) is 15.3 Å². The van der Waals surface area contributed by atoms with Crippen LogP contribution in [0.1, 0.15) is 5.82 Å². The molecular formula is C18H14Cl2N6O2. The van der Waals surface area contributed by atoms with Gasteiger partial charge in [-0.2, -0.15) is 0 Å². The van der Waals surface area contributed by atoms with Gasteiger partial charge in [-0.05, 0) is 30.3 Å². The Morgan fingerprint density at radius 1 is 1.18 bits per heavy atom. The Labute approximate surface area is 169 Å². The quantitative estimate of drug-likeness (QED) is 0.519. The molecule has 1 unspecified atom stereocenters. The molecule has 5 N–H and O–H groups in total. The second-order valence-electron chi connectivity index (χ2n) is 6.14. The largest absolute Gasteiger partial charge is 0.367 e. The van der Waals surface area contributed by atoms with Crippen LogP contribution < -0.4 is 16.4 Å². The zero-order valence-electron chi connectivity index (χ0n) is 14.3. The molecule has 0 saturated carbocycles. The van der Waals surface area contributed by atoms with Crippen LogP contribution in [0.25, 0.3) is 11.0 Å². The summed E-state index contributed by atoms with van der Waals surface area (Å²) in [5.74, 6) is -1.27. The molecule has 4 rings (SSSR count). The van der Waals surface area contributed by atoms with Crippen molar-refractivity contribution in [3.05, 3.63) is 58.3 Å². The van der Waals surface area contributed by atoms with Gasteiger partial charge in [-0.3, -0.25) is 19.9 Å². The van der Waals surface area contributed by atoms with Crippen molar-refractivity contribution < 1.29 is 9.59 Å². The first-order valence-corrected chi connectivity index (χ1v) is 8.99. The molecule has 0 spiro atoms. The lowest BCUT2D eigenvalue weighted by Gasteiger charge is -2.25. The summed E-state index contributed by atoms with van der Waals surface area (Å²) in [6, 6.07) is 11.9. The van der Waals surface area contributed by atoms with E-state index in [2.05, 4.69) is 25.6 Å². The van der Waals surface area contributed by atoms with Crippen molar-refractivity contribution in [2.45, 2.75) is 5.54 Å². The van der Waals surface area contributed by atoms with E-state index >= 15 is 0 Å². The lowest BCUT2D eigenvalue weighted by atomic mass is 9.91. The van der Waals surface area contributed by atoms with Gasteiger partial charge < -0.3 is 16.0 Å². The highest BCUT2D eigenvalue weighted by atomic mass is 35.5. The smallest absolute Gasteiger partial charge is 0.272 e. The number of primary amides is 1. The number of carbonyl (C=O) groups is 2. The summed E-state index contributed by atoms with van der Waals surface area (Å²) in [6.45, 7) is 0.0199. The van der Waals surface area contributed by atoms with Crippen molar-refractivity contribution in [2.24, 2.45) is 10.7 Å². The van der Waals surface area contributed by atoms with Gasteiger partial charge in [0.15, 0.2) is 0 Å². The summed E-state index contributed by atoms with van der Waals surface area (Å²) in [4.78, 5) is 37.1. The number of imidazole rings is 1. The van der Waals surface area contributed by atoms with Crippen LogP contribution in [-0.2, 0) is 15.1 Å². The third-order valence-corrected chi connectivity index (χ3v) is 5.01. The number of aromatic amines is 1. The van der Waals surface area contributed by atoms with Crippen molar-refractivity contribution in [3.8, 4) is 0 Å². The van der Waals surface area contributed by atoms with E-state index in [-0.39, 0.29) is 28.9 Å². The number of nitrogens with zero attached hydrogens (tertiary/aromatic N) is 2. The Kier molecular flexibility index (Phi) is 4.54. The van der Waals surface area contributed by atoms with Crippen LogP contribution in [0.5, 0.6) is 0 Å². The van der Waals surface area contributed by atoms with Gasteiger partial charge in [-0.15, -0.1) is 0 Å². The molecule has 0 radical (unpaired) electrons. The fourth-order valence-corrected chi connectivity index (χ4v) is 3.44. The third-order valence-electron chi connectivity index (χ3n) is 4.44. The summed E-state index contributed by atoms with van der Waals surface area (Å²) in [7, 11) is 0.